The lowest BCUT2D eigenvalue weighted by Crippen LogP contribution is -2.47. The Morgan fingerprint density at radius 3 is 2.68 bits per heavy atom. The number of carbonyl (C=O) groups excluding carboxylic acids is 2. The Morgan fingerprint density at radius 2 is 1.97 bits per heavy atom. The predicted octanol–water partition coefficient (Wildman–Crippen LogP) is 4.68. The summed E-state index contributed by atoms with van der Waals surface area (Å²) in [5, 5.41) is 3.97. The minimum absolute atomic E-state index is 0.00655. The highest BCUT2D eigenvalue weighted by molar-refractivity contribution is 7.10. The van der Waals surface area contributed by atoms with Crippen LogP contribution in [-0.2, 0) is 22.4 Å². The first-order chi connectivity index (χ1) is 15.1. The minimum atomic E-state index is -0.306. The maximum Gasteiger partial charge on any atom is 0.243 e. The second-order valence-corrected chi connectivity index (χ2v) is 9.44. The van der Waals surface area contributed by atoms with Crippen LogP contribution in [-0.4, -0.2) is 41.2 Å². The molecule has 0 bridgehead atoms. The van der Waals surface area contributed by atoms with Gasteiger partial charge in [0, 0.05) is 22.8 Å². The summed E-state index contributed by atoms with van der Waals surface area (Å²) in [5.74, 6) is -0.519. The van der Waals surface area contributed by atoms with Gasteiger partial charge in [0.05, 0.1) is 12.5 Å². The molecule has 0 fully saturated rings. The molecule has 0 saturated carbocycles. The normalized spacial score (nSPS) is 15.4. The average molecular weight is 455 g/mol. The van der Waals surface area contributed by atoms with E-state index in [9.17, 15) is 14.0 Å². The Bertz CT molecular complexity index is 1060. The summed E-state index contributed by atoms with van der Waals surface area (Å²) >= 11 is 3.21. The van der Waals surface area contributed by atoms with Crippen molar-refractivity contribution in [2.45, 2.75) is 18.9 Å². The van der Waals surface area contributed by atoms with Gasteiger partial charge < -0.3 is 9.80 Å². The molecule has 4 nitrogen and oxygen atoms in total. The van der Waals surface area contributed by atoms with Crippen LogP contribution >= 0.6 is 22.7 Å². The van der Waals surface area contributed by atoms with Crippen LogP contribution in [0.15, 0.2) is 65.9 Å². The van der Waals surface area contributed by atoms with Gasteiger partial charge in [-0.25, -0.2) is 4.39 Å². The number of thiophene rings is 2. The zero-order valence-electron chi connectivity index (χ0n) is 17.0. The highest BCUT2D eigenvalue weighted by Crippen LogP contribution is 2.37. The van der Waals surface area contributed by atoms with E-state index in [-0.39, 0.29) is 36.6 Å². The lowest BCUT2D eigenvalue weighted by atomic mass is 9.93. The topological polar surface area (TPSA) is 40.6 Å². The van der Waals surface area contributed by atoms with Crippen LogP contribution in [0.5, 0.6) is 0 Å². The highest BCUT2D eigenvalue weighted by atomic mass is 32.1. The van der Waals surface area contributed by atoms with E-state index in [1.54, 1.807) is 34.4 Å². The van der Waals surface area contributed by atoms with Gasteiger partial charge in [-0.15, -0.1) is 29.3 Å². The second-order valence-electron chi connectivity index (χ2n) is 7.41. The Hall–Kier alpha value is -2.77. The number of hydrogen-bond donors (Lipinski definition) is 0. The molecule has 1 aromatic carbocycles. The Labute approximate surface area is 189 Å². The molecule has 7 heteroatoms. The summed E-state index contributed by atoms with van der Waals surface area (Å²) in [5.41, 5.74) is 1.95. The molecule has 0 spiro atoms. The third-order valence-corrected chi connectivity index (χ3v) is 7.28. The highest BCUT2D eigenvalue weighted by Gasteiger charge is 2.33. The van der Waals surface area contributed by atoms with E-state index in [1.807, 2.05) is 33.9 Å². The lowest BCUT2D eigenvalue weighted by Gasteiger charge is -2.37. The van der Waals surface area contributed by atoms with Gasteiger partial charge >= 0.3 is 0 Å². The van der Waals surface area contributed by atoms with E-state index in [4.69, 9.17) is 0 Å². The molecule has 1 aliphatic heterocycles. The molecule has 0 N–H and O–H groups in total. The van der Waals surface area contributed by atoms with Crippen LogP contribution in [0.25, 0.3) is 0 Å². The van der Waals surface area contributed by atoms with Crippen molar-refractivity contribution >= 4 is 34.5 Å². The molecular formula is C24H23FN2O2S2. The van der Waals surface area contributed by atoms with Crippen LogP contribution < -0.4 is 0 Å². The number of halogens is 1. The Morgan fingerprint density at radius 1 is 1.16 bits per heavy atom. The van der Waals surface area contributed by atoms with E-state index in [2.05, 4.69) is 6.58 Å². The summed E-state index contributed by atoms with van der Waals surface area (Å²) in [6.07, 6.45) is 2.69. The van der Waals surface area contributed by atoms with Crippen LogP contribution in [0.4, 0.5) is 4.39 Å². The number of hydrogen-bond acceptors (Lipinski definition) is 4. The van der Waals surface area contributed by atoms with Crippen LogP contribution in [0.2, 0.25) is 0 Å². The predicted molar refractivity (Wildman–Crippen MR) is 123 cm³/mol. The van der Waals surface area contributed by atoms with Gasteiger partial charge in [0.15, 0.2) is 0 Å². The van der Waals surface area contributed by atoms with E-state index in [1.165, 1.54) is 28.3 Å². The summed E-state index contributed by atoms with van der Waals surface area (Å²) in [4.78, 5) is 31.8. The maximum atomic E-state index is 13.5. The fraction of sp³-hybridized carbons (Fsp3) is 0.250. The van der Waals surface area contributed by atoms with Gasteiger partial charge in [-0.05, 0) is 52.6 Å². The molecule has 0 aliphatic carbocycles. The van der Waals surface area contributed by atoms with E-state index in [0.29, 0.717) is 13.1 Å². The summed E-state index contributed by atoms with van der Waals surface area (Å²) in [6, 6.07) is 11.9. The fourth-order valence-corrected chi connectivity index (χ4v) is 5.53. The van der Waals surface area contributed by atoms with E-state index >= 15 is 0 Å². The third kappa shape index (κ3) is 4.78. The standard InChI is InChI=1S/C24H23FN2O2S2/c1-2-11-26(22(28)15-19-4-3-13-30-19)16-23(29)27-12-9-21-20(10-14-31-21)24(27)17-5-7-18(25)8-6-17/h2-8,10,13-14,24H,1,9,11-12,15-16H2/t24-/m0/s1. The molecule has 3 heterocycles. The zero-order valence-corrected chi connectivity index (χ0v) is 18.6. The summed E-state index contributed by atoms with van der Waals surface area (Å²) in [7, 11) is 0. The van der Waals surface area contributed by atoms with Gasteiger partial charge in [-0.1, -0.05) is 24.3 Å². The van der Waals surface area contributed by atoms with Crippen molar-refractivity contribution in [1.82, 2.24) is 9.80 Å². The Kier molecular flexibility index (Phi) is 6.63. The number of rotatable bonds is 7. The molecule has 2 amide bonds. The van der Waals surface area contributed by atoms with Crippen molar-refractivity contribution in [3.63, 3.8) is 0 Å². The fourth-order valence-electron chi connectivity index (χ4n) is 3.93. The van der Waals surface area contributed by atoms with Crippen molar-refractivity contribution in [1.29, 1.82) is 0 Å². The number of amides is 2. The van der Waals surface area contributed by atoms with Gasteiger partial charge in [0.25, 0.3) is 0 Å². The van der Waals surface area contributed by atoms with Gasteiger partial charge in [0.2, 0.25) is 11.8 Å². The van der Waals surface area contributed by atoms with Crippen molar-refractivity contribution in [2.75, 3.05) is 19.6 Å². The SMILES string of the molecule is C=CCN(CC(=O)N1CCc2sccc2[C@@H]1c1ccc(F)cc1)C(=O)Cc1cccs1. The van der Waals surface area contributed by atoms with Gasteiger partial charge in [-0.3, -0.25) is 9.59 Å². The minimum Gasteiger partial charge on any atom is -0.330 e. The molecule has 2 aromatic heterocycles. The molecular weight excluding hydrogens is 431 g/mol. The van der Waals surface area contributed by atoms with E-state index < -0.39 is 0 Å². The van der Waals surface area contributed by atoms with Gasteiger partial charge in [-0.2, -0.15) is 0 Å². The number of nitrogens with zero attached hydrogens (tertiary/aromatic N) is 2. The average Bonchev–Trinajstić information content (AvgIpc) is 3.45. The maximum absolute atomic E-state index is 13.5. The lowest BCUT2D eigenvalue weighted by molar-refractivity contribution is -0.141. The number of benzene rings is 1. The molecule has 1 atom stereocenters. The second kappa shape index (κ2) is 9.58. The molecule has 0 radical (unpaired) electrons. The monoisotopic (exact) mass is 454 g/mol. The molecule has 1 aliphatic rings. The number of carbonyl (C=O) groups is 2. The van der Waals surface area contributed by atoms with Crippen LogP contribution in [0, 0.1) is 5.82 Å². The van der Waals surface area contributed by atoms with Crippen molar-refractivity contribution in [2.24, 2.45) is 0 Å². The molecule has 4 rings (SSSR count). The first-order valence-corrected chi connectivity index (χ1v) is 11.8. The quantitative estimate of drug-likeness (QED) is 0.487. The molecule has 3 aromatic rings. The van der Waals surface area contributed by atoms with Crippen molar-refractivity contribution < 1.29 is 14.0 Å². The van der Waals surface area contributed by atoms with Crippen LogP contribution in [0.3, 0.4) is 0 Å². The molecule has 160 valence electrons. The number of fused-ring (bicyclic) bond motifs is 1. The largest absolute Gasteiger partial charge is 0.330 e. The first-order valence-electron chi connectivity index (χ1n) is 10.1. The summed E-state index contributed by atoms with van der Waals surface area (Å²) < 4.78 is 13.5. The van der Waals surface area contributed by atoms with Crippen molar-refractivity contribution in [3.05, 3.63) is 92.6 Å². The Balaban J connectivity index is 1.56. The molecule has 31 heavy (non-hydrogen) atoms. The third-order valence-electron chi connectivity index (χ3n) is 5.41. The zero-order chi connectivity index (χ0) is 21.8. The van der Waals surface area contributed by atoms with Crippen molar-refractivity contribution in [3.8, 4) is 0 Å². The van der Waals surface area contributed by atoms with Gasteiger partial charge in [0.1, 0.15) is 12.4 Å². The molecule has 0 saturated heterocycles. The smallest absolute Gasteiger partial charge is 0.243 e. The molecule has 0 unspecified atom stereocenters. The first kappa shape index (κ1) is 21.5. The van der Waals surface area contributed by atoms with Crippen LogP contribution in [0.1, 0.15) is 26.9 Å². The van der Waals surface area contributed by atoms with E-state index in [0.717, 1.165) is 22.4 Å². The summed E-state index contributed by atoms with van der Waals surface area (Å²) in [6.45, 7) is 4.62.